The van der Waals surface area contributed by atoms with Crippen molar-refractivity contribution in [2.75, 3.05) is 23.4 Å². The van der Waals surface area contributed by atoms with E-state index >= 15 is 0 Å². The second-order valence-electron chi connectivity index (χ2n) is 6.22. The summed E-state index contributed by atoms with van der Waals surface area (Å²) in [5, 5.41) is 2.93. The maximum atomic E-state index is 12.5. The molecule has 1 heterocycles. The number of anilines is 2. The Kier molecular flexibility index (Phi) is 6.13. The van der Waals surface area contributed by atoms with Crippen LogP contribution >= 0.6 is 22.6 Å². The van der Waals surface area contributed by atoms with Gasteiger partial charge in [-0.15, -0.1) is 0 Å². The molecule has 0 bridgehead atoms. The molecule has 1 fully saturated rings. The fourth-order valence-electron chi connectivity index (χ4n) is 2.87. The van der Waals surface area contributed by atoms with Crippen molar-refractivity contribution in [3.8, 4) is 5.75 Å². The number of carbonyl (C=O) groups is 2. The molecule has 0 spiro atoms. The van der Waals surface area contributed by atoms with E-state index in [1.165, 1.54) is 0 Å². The maximum Gasteiger partial charge on any atom is 0.229 e. The molecule has 26 heavy (non-hydrogen) atoms. The Bertz CT molecular complexity index is 792. The Balaban J connectivity index is 1.64. The highest BCUT2D eigenvalue weighted by atomic mass is 127. The lowest BCUT2D eigenvalue weighted by molar-refractivity contribution is -0.122. The lowest BCUT2D eigenvalue weighted by atomic mass is 10.1. The van der Waals surface area contributed by atoms with Crippen molar-refractivity contribution in [3.63, 3.8) is 0 Å². The number of nitrogens with zero attached hydrogens (tertiary/aromatic N) is 1. The van der Waals surface area contributed by atoms with E-state index in [2.05, 4.69) is 34.8 Å². The van der Waals surface area contributed by atoms with Crippen LogP contribution in [0.4, 0.5) is 11.4 Å². The summed E-state index contributed by atoms with van der Waals surface area (Å²) in [4.78, 5) is 26.6. The molecule has 3 rings (SSSR count). The summed E-state index contributed by atoms with van der Waals surface area (Å²) >= 11 is 2.18. The van der Waals surface area contributed by atoms with E-state index in [1.54, 1.807) is 4.90 Å². The molecule has 2 aromatic rings. The number of hydrogen-bond donors (Lipinski definition) is 1. The van der Waals surface area contributed by atoms with Gasteiger partial charge in [0.05, 0.1) is 18.2 Å². The topological polar surface area (TPSA) is 58.6 Å². The van der Waals surface area contributed by atoms with Crippen LogP contribution in [0.5, 0.6) is 5.75 Å². The zero-order valence-electron chi connectivity index (χ0n) is 14.6. The highest BCUT2D eigenvalue weighted by molar-refractivity contribution is 14.1. The van der Waals surface area contributed by atoms with Crippen LogP contribution in [-0.4, -0.2) is 25.0 Å². The van der Waals surface area contributed by atoms with Gasteiger partial charge >= 0.3 is 0 Å². The number of ether oxygens (including phenoxy) is 1. The molecule has 1 aliphatic heterocycles. The number of carbonyl (C=O) groups excluding carboxylic acids is 2. The number of amides is 2. The van der Waals surface area contributed by atoms with Crippen molar-refractivity contribution < 1.29 is 14.3 Å². The molecular weight excluding hydrogens is 443 g/mol. The van der Waals surface area contributed by atoms with E-state index in [0.29, 0.717) is 13.2 Å². The van der Waals surface area contributed by atoms with Crippen molar-refractivity contribution >= 4 is 45.8 Å². The smallest absolute Gasteiger partial charge is 0.229 e. The van der Waals surface area contributed by atoms with E-state index in [9.17, 15) is 9.59 Å². The highest BCUT2D eigenvalue weighted by Gasteiger charge is 2.35. The van der Waals surface area contributed by atoms with Crippen molar-refractivity contribution in [1.82, 2.24) is 0 Å². The van der Waals surface area contributed by atoms with Crippen LogP contribution in [0.2, 0.25) is 0 Å². The average molecular weight is 464 g/mol. The van der Waals surface area contributed by atoms with Gasteiger partial charge in [0.15, 0.2) is 0 Å². The van der Waals surface area contributed by atoms with Crippen LogP contribution in [0.25, 0.3) is 0 Å². The third-order valence-electron chi connectivity index (χ3n) is 4.25. The minimum absolute atomic E-state index is 0.0323. The standard InChI is InChI=1S/C20H21IN2O3/c1-2-11-26-16-9-7-15(8-10-16)23-13-14(12-19(23)24)20(25)22-18-6-4-3-5-17(18)21/h3-10,14H,2,11-13H2,1H3,(H,22,25)/t14-/m1/s1. The first-order valence-electron chi connectivity index (χ1n) is 8.67. The van der Waals surface area contributed by atoms with Gasteiger partial charge in [0.25, 0.3) is 0 Å². The van der Waals surface area contributed by atoms with Gasteiger partial charge in [-0.1, -0.05) is 19.1 Å². The zero-order chi connectivity index (χ0) is 18.5. The number of halogens is 1. The van der Waals surface area contributed by atoms with Crippen LogP contribution in [0, 0.1) is 9.49 Å². The van der Waals surface area contributed by atoms with E-state index in [1.807, 2.05) is 48.5 Å². The number of nitrogens with one attached hydrogen (secondary N) is 1. The van der Waals surface area contributed by atoms with E-state index < -0.39 is 0 Å². The van der Waals surface area contributed by atoms with Gasteiger partial charge in [-0.2, -0.15) is 0 Å². The molecule has 0 aliphatic carbocycles. The molecule has 0 unspecified atom stereocenters. The zero-order valence-corrected chi connectivity index (χ0v) is 16.7. The summed E-state index contributed by atoms with van der Waals surface area (Å²) in [6.45, 7) is 3.12. The first-order valence-corrected chi connectivity index (χ1v) is 9.75. The average Bonchev–Trinajstić information content (AvgIpc) is 3.04. The first-order chi connectivity index (χ1) is 12.6. The van der Waals surface area contributed by atoms with Crippen molar-refractivity contribution in [1.29, 1.82) is 0 Å². The Morgan fingerprint density at radius 1 is 1.23 bits per heavy atom. The normalized spacial score (nSPS) is 16.6. The maximum absolute atomic E-state index is 12.5. The fourth-order valence-corrected chi connectivity index (χ4v) is 3.39. The summed E-state index contributed by atoms with van der Waals surface area (Å²) in [6, 6.07) is 15.1. The minimum atomic E-state index is -0.352. The molecule has 1 aliphatic rings. The van der Waals surface area contributed by atoms with Gasteiger partial charge < -0.3 is 15.0 Å². The van der Waals surface area contributed by atoms with Gasteiger partial charge in [-0.05, 0) is 65.4 Å². The van der Waals surface area contributed by atoms with Gasteiger partial charge in [0.1, 0.15) is 5.75 Å². The summed E-state index contributed by atoms with van der Waals surface area (Å²) in [5.74, 6) is 0.285. The van der Waals surface area contributed by atoms with Crippen LogP contribution in [0.15, 0.2) is 48.5 Å². The molecule has 0 aromatic heterocycles. The van der Waals surface area contributed by atoms with Gasteiger partial charge in [0.2, 0.25) is 11.8 Å². The molecular formula is C20H21IN2O3. The molecule has 6 heteroatoms. The van der Waals surface area contributed by atoms with Gasteiger partial charge in [-0.3, -0.25) is 9.59 Å². The third kappa shape index (κ3) is 4.35. The minimum Gasteiger partial charge on any atom is -0.494 e. The second-order valence-corrected chi connectivity index (χ2v) is 7.38. The predicted molar refractivity (Wildman–Crippen MR) is 110 cm³/mol. The second kappa shape index (κ2) is 8.53. The summed E-state index contributed by atoms with van der Waals surface area (Å²) in [7, 11) is 0. The van der Waals surface area contributed by atoms with Crippen LogP contribution in [0.1, 0.15) is 19.8 Å². The van der Waals surface area contributed by atoms with Crippen LogP contribution in [0.3, 0.4) is 0 Å². The third-order valence-corrected chi connectivity index (χ3v) is 5.19. The van der Waals surface area contributed by atoms with Crippen LogP contribution < -0.4 is 15.0 Å². The summed E-state index contributed by atoms with van der Waals surface area (Å²) < 4.78 is 6.54. The summed E-state index contributed by atoms with van der Waals surface area (Å²) in [6.07, 6.45) is 1.17. The molecule has 1 atom stereocenters. The molecule has 136 valence electrons. The lowest BCUT2D eigenvalue weighted by Crippen LogP contribution is -2.28. The van der Waals surface area contributed by atoms with Gasteiger partial charge in [0, 0.05) is 22.2 Å². The number of para-hydroxylation sites is 1. The van der Waals surface area contributed by atoms with Crippen molar-refractivity contribution in [3.05, 3.63) is 52.1 Å². The van der Waals surface area contributed by atoms with Crippen molar-refractivity contribution in [2.24, 2.45) is 5.92 Å². The molecule has 2 aromatic carbocycles. The first kappa shape index (κ1) is 18.7. The molecule has 1 N–H and O–H groups in total. The Morgan fingerprint density at radius 3 is 2.65 bits per heavy atom. The Morgan fingerprint density at radius 2 is 1.96 bits per heavy atom. The largest absolute Gasteiger partial charge is 0.494 e. The Hall–Kier alpha value is -2.09. The van der Waals surface area contributed by atoms with E-state index in [0.717, 1.165) is 27.1 Å². The summed E-state index contributed by atoms with van der Waals surface area (Å²) in [5.41, 5.74) is 1.57. The highest BCUT2D eigenvalue weighted by Crippen LogP contribution is 2.28. The number of benzene rings is 2. The predicted octanol–water partition coefficient (Wildman–Crippen LogP) is 4.07. The van der Waals surface area contributed by atoms with Crippen LogP contribution in [-0.2, 0) is 9.59 Å². The van der Waals surface area contributed by atoms with E-state index in [4.69, 9.17) is 4.74 Å². The molecule has 5 nitrogen and oxygen atoms in total. The molecule has 1 saturated heterocycles. The Labute approximate surface area is 166 Å². The SMILES string of the molecule is CCCOc1ccc(N2C[C@H](C(=O)Nc3ccccc3I)CC2=O)cc1. The lowest BCUT2D eigenvalue weighted by Gasteiger charge is -2.17. The number of hydrogen-bond acceptors (Lipinski definition) is 3. The van der Waals surface area contributed by atoms with E-state index in [-0.39, 0.29) is 24.2 Å². The monoisotopic (exact) mass is 464 g/mol. The fraction of sp³-hybridized carbons (Fsp3) is 0.300. The molecule has 0 radical (unpaired) electrons. The number of rotatable bonds is 6. The molecule has 2 amide bonds. The van der Waals surface area contributed by atoms with Gasteiger partial charge in [-0.25, -0.2) is 0 Å². The quantitative estimate of drug-likeness (QED) is 0.656. The molecule has 0 saturated carbocycles. The van der Waals surface area contributed by atoms with Crippen molar-refractivity contribution in [2.45, 2.75) is 19.8 Å².